The third-order valence-corrected chi connectivity index (χ3v) is 2.80. The fourth-order valence-corrected chi connectivity index (χ4v) is 1.87. The molecular formula is C12H12N2S. The van der Waals surface area contributed by atoms with Crippen molar-refractivity contribution in [2.45, 2.75) is 11.9 Å². The predicted molar refractivity (Wildman–Crippen MR) is 63.9 cm³/mol. The van der Waals surface area contributed by atoms with Gasteiger partial charge in [0.1, 0.15) is 5.03 Å². The van der Waals surface area contributed by atoms with Crippen LogP contribution in [-0.2, 0) is 0 Å². The molecule has 0 bridgehead atoms. The Balaban J connectivity index is 2.24. The SMILES string of the molecule is CCSc1ccc(-c2ccccc2)nn1. The van der Waals surface area contributed by atoms with Crippen LogP contribution < -0.4 is 0 Å². The molecule has 2 nitrogen and oxygen atoms in total. The van der Waals surface area contributed by atoms with Gasteiger partial charge in [-0.1, -0.05) is 37.3 Å². The van der Waals surface area contributed by atoms with Crippen molar-refractivity contribution in [3.05, 3.63) is 42.5 Å². The highest BCUT2D eigenvalue weighted by atomic mass is 32.2. The van der Waals surface area contributed by atoms with E-state index in [2.05, 4.69) is 17.1 Å². The number of benzene rings is 1. The van der Waals surface area contributed by atoms with Crippen LogP contribution in [0.4, 0.5) is 0 Å². The minimum atomic E-state index is 0.927. The lowest BCUT2D eigenvalue weighted by Crippen LogP contribution is -1.89. The zero-order valence-electron chi connectivity index (χ0n) is 8.55. The Hall–Kier alpha value is -1.35. The second-order valence-corrected chi connectivity index (χ2v) is 4.34. The van der Waals surface area contributed by atoms with Crippen molar-refractivity contribution in [2.75, 3.05) is 5.75 Å². The summed E-state index contributed by atoms with van der Waals surface area (Å²) in [6, 6.07) is 14.1. The molecule has 0 aliphatic heterocycles. The van der Waals surface area contributed by atoms with Gasteiger partial charge in [0.15, 0.2) is 0 Å². The summed E-state index contributed by atoms with van der Waals surface area (Å²) in [6.45, 7) is 2.11. The highest BCUT2D eigenvalue weighted by molar-refractivity contribution is 7.99. The average Bonchev–Trinajstić information content (AvgIpc) is 2.32. The van der Waals surface area contributed by atoms with E-state index in [0.717, 1.165) is 22.0 Å². The maximum atomic E-state index is 4.20. The van der Waals surface area contributed by atoms with Crippen LogP contribution in [0, 0.1) is 0 Å². The molecule has 0 aliphatic carbocycles. The summed E-state index contributed by atoms with van der Waals surface area (Å²) >= 11 is 1.71. The van der Waals surface area contributed by atoms with Crippen molar-refractivity contribution >= 4 is 11.8 Å². The van der Waals surface area contributed by atoms with Gasteiger partial charge in [-0.2, -0.15) is 0 Å². The first kappa shape index (κ1) is 10.2. The fraction of sp³-hybridized carbons (Fsp3) is 0.167. The normalized spacial score (nSPS) is 10.2. The Morgan fingerprint density at radius 1 is 1.00 bits per heavy atom. The van der Waals surface area contributed by atoms with Crippen LogP contribution in [0.1, 0.15) is 6.92 Å². The Kier molecular flexibility index (Phi) is 3.35. The molecule has 0 amide bonds. The third kappa shape index (κ3) is 2.57. The Morgan fingerprint density at radius 2 is 1.80 bits per heavy atom. The molecule has 2 aromatic rings. The number of hydrogen-bond acceptors (Lipinski definition) is 3. The Bertz CT molecular complexity index is 411. The van der Waals surface area contributed by atoms with Crippen LogP contribution in [0.2, 0.25) is 0 Å². The van der Waals surface area contributed by atoms with Crippen LogP contribution in [-0.4, -0.2) is 16.0 Å². The van der Waals surface area contributed by atoms with Gasteiger partial charge in [-0.15, -0.1) is 22.0 Å². The van der Waals surface area contributed by atoms with Crippen LogP contribution in [0.25, 0.3) is 11.3 Å². The van der Waals surface area contributed by atoms with Gasteiger partial charge in [0.05, 0.1) is 5.69 Å². The minimum absolute atomic E-state index is 0.927. The van der Waals surface area contributed by atoms with Crippen LogP contribution in [0.5, 0.6) is 0 Å². The van der Waals surface area contributed by atoms with E-state index in [9.17, 15) is 0 Å². The van der Waals surface area contributed by atoms with Crippen LogP contribution in [0.15, 0.2) is 47.5 Å². The molecular weight excluding hydrogens is 204 g/mol. The predicted octanol–water partition coefficient (Wildman–Crippen LogP) is 3.26. The summed E-state index contributed by atoms with van der Waals surface area (Å²) in [5.74, 6) is 1.03. The van der Waals surface area contributed by atoms with E-state index in [0.29, 0.717) is 0 Å². The zero-order chi connectivity index (χ0) is 10.5. The highest BCUT2D eigenvalue weighted by Gasteiger charge is 1.99. The lowest BCUT2D eigenvalue weighted by Gasteiger charge is -2.00. The minimum Gasteiger partial charge on any atom is -0.149 e. The number of aromatic nitrogens is 2. The fourth-order valence-electron chi connectivity index (χ4n) is 1.31. The Labute approximate surface area is 93.7 Å². The van der Waals surface area contributed by atoms with Crippen molar-refractivity contribution in [1.29, 1.82) is 0 Å². The van der Waals surface area contributed by atoms with Crippen LogP contribution >= 0.6 is 11.8 Å². The highest BCUT2D eigenvalue weighted by Crippen LogP contribution is 2.18. The molecule has 0 unspecified atom stereocenters. The smallest absolute Gasteiger partial charge is 0.119 e. The lowest BCUT2D eigenvalue weighted by atomic mass is 10.1. The average molecular weight is 216 g/mol. The van der Waals surface area contributed by atoms with Gasteiger partial charge in [-0.25, -0.2) is 0 Å². The molecule has 2 rings (SSSR count). The Morgan fingerprint density at radius 3 is 2.40 bits per heavy atom. The summed E-state index contributed by atoms with van der Waals surface area (Å²) in [7, 11) is 0. The second kappa shape index (κ2) is 4.94. The molecule has 0 N–H and O–H groups in total. The van der Waals surface area contributed by atoms with E-state index < -0.39 is 0 Å². The third-order valence-electron chi connectivity index (χ3n) is 2.00. The molecule has 0 saturated heterocycles. The topological polar surface area (TPSA) is 25.8 Å². The largest absolute Gasteiger partial charge is 0.149 e. The first-order chi connectivity index (χ1) is 7.40. The van der Waals surface area contributed by atoms with Gasteiger partial charge >= 0.3 is 0 Å². The molecule has 0 fully saturated rings. The van der Waals surface area contributed by atoms with Crippen molar-refractivity contribution in [2.24, 2.45) is 0 Å². The number of rotatable bonds is 3. The summed E-state index contributed by atoms with van der Waals surface area (Å²) in [5, 5.41) is 9.34. The molecule has 15 heavy (non-hydrogen) atoms. The van der Waals surface area contributed by atoms with E-state index in [-0.39, 0.29) is 0 Å². The van der Waals surface area contributed by atoms with E-state index in [1.807, 2.05) is 42.5 Å². The molecule has 3 heteroatoms. The first-order valence-electron chi connectivity index (χ1n) is 4.92. The van der Waals surface area contributed by atoms with E-state index in [1.54, 1.807) is 11.8 Å². The second-order valence-electron chi connectivity index (χ2n) is 3.06. The number of hydrogen-bond donors (Lipinski definition) is 0. The van der Waals surface area contributed by atoms with Crippen LogP contribution in [0.3, 0.4) is 0 Å². The molecule has 0 spiro atoms. The van der Waals surface area contributed by atoms with Gasteiger partial charge in [-0.05, 0) is 17.9 Å². The van der Waals surface area contributed by atoms with Gasteiger partial charge in [0.25, 0.3) is 0 Å². The molecule has 1 aromatic heterocycles. The molecule has 0 radical (unpaired) electrons. The van der Waals surface area contributed by atoms with Gasteiger partial charge in [0, 0.05) is 5.56 Å². The standard InChI is InChI=1S/C12H12N2S/c1-2-15-12-9-8-11(13-14-12)10-6-4-3-5-7-10/h3-9H,2H2,1H3. The summed E-state index contributed by atoms with van der Waals surface area (Å²) in [4.78, 5) is 0. The molecule has 0 aliphatic rings. The van der Waals surface area contributed by atoms with Gasteiger partial charge in [0.2, 0.25) is 0 Å². The molecule has 1 aromatic carbocycles. The van der Waals surface area contributed by atoms with Crippen molar-refractivity contribution in [3.63, 3.8) is 0 Å². The molecule has 76 valence electrons. The molecule has 0 saturated carbocycles. The molecule has 1 heterocycles. The number of nitrogens with zero attached hydrogens (tertiary/aromatic N) is 2. The van der Waals surface area contributed by atoms with E-state index in [1.165, 1.54) is 0 Å². The monoisotopic (exact) mass is 216 g/mol. The summed E-state index contributed by atoms with van der Waals surface area (Å²) < 4.78 is 0. The quantitative estimate of drug-likeness (QED) is 0.736. The van der Waals surface area contributed by atoms with Gasteiger partial charge in [-0.3, -0.25) is 0 Å². The summed E-state index contributed by atoms with van der Waals surface area (Å²) in [5.41, 5.74) is 2.04. The first-order valence-corrected chi connectivity index (χ1v) is 5.90. The van der Waals surface area contributed by atoms with Crippen molar-refractivity contribution in [1.82, 2.24) is 10.2 Å². The lowest BCUT2D eigenvalue weighted by molar-refractivity contribution is 0.936. The van der Waals surface area contributed by atoms with E-state index >= 15 is 0 Å². The maximum absolute atomic E-state index is 4.20. The van der Waals surface area contributed by atoms with Crippen molar-refractivity contribution < 1.29 is 0 Å². The summed E-state index contributed by atoms with van der Waals surface area (Å²) in [6.07, 6.45) is 0. The van der Waals surface area contributed by atoms with Gasteiger partial charge < -0.3 is 0 Å². The molecule has 0 atom stereocenters. The zero-order valence-corrected chi connectivity index (χ0v) is 9.37. The number of thioether (sulfide) groups is 1. The maximum Gasteiger partial charge on any atom is 0.119 e. The van der Waals surface area contributed by atoms with E-state index in [4.69, 9.17) is 0 Å². The van der Waals surface area contributed by atoms with Crippen molar-refractivity contribution in [3.8, 4) is 11.3 Å².